The number of benzene rings is 1. The molecule has 2 aromatic heterocycles. The van der Waals surface area contributed by atoms with Crippen LogP contribution in [-0.4, -0.2) is 26.2 Å². The van der Waals surface area contributed by atoms with Gasteiger partial charge in [-0.3, -0.25) is 19.1 Å². The Bertz CT molecular complexity index is 1090. The normalized spacial score (nSPS) is 15.7. The van der Waals surface area contributed by atoms with Crippen molar-refractivity contribution in [3.63, 3.8) is 0 Å². The van der Waals surface area contributed by atoms with Gasteiger partial charge in [0.1, 0.15) is 0 Å². The average Bonchev–Trinajstić information content (AvgIpc) is 3.04. The van der Waals surface area contributed by atoms with Crippen LogP contribution in [0.1, 0.15) is 30.8 Å². The van der Waals surface area contributed by atoms with Crippen LogP contribution in [0.2, 0.25) is 0 Å². The maximum Gasteiger partial charge on any atom is 0.254 e. The summed E-state index contributed by atoms with van der Waals surface area (Å²) < 4.78 is 1.65. The lowest BCUT2D eigenvalue weighted by atomic mass is 10.1. The second-order valence-corrected chi connectivity index (χ2v) is 7.62. The van der Waals surface area contributed by atoms with Crippen LogP contribution in [0, 0.1) is 6.92 Å². The van der Waals surface area contributed by atoms with E-state index in [2.05, 4.69) is 15.3 Å². The zero-order valence-electron chi connectivity index (χ0n) is 15.2. The van der Waals surface area contributed by atoms with Crippen LogP contribution in [0.3, 0.4) is 0 Å². The van der Waals surface area contributed by atoms with Crippen LogP contribution in [0.25, 0.3) is 10.9 Å². The monoisotopic (exact) mass is 380 g/mol. The number of hydrogen-bond acceptors (Lipinski definition) is 5. The van der Waals surface area contributed by atoms with Crippen molar-refractivity contribution in [2.24, 2.45) is 0 Å². The van der Waals surface area contributed by atoms with Crippen molar-refractivity contribution in [1.82, 2.24) is 14.5 Å². The Balaban J connectivity index is 1.57. The molecule has 0 spiro atoms. The number of hydrogen-bond donors (Lipinski definition) is 1. The molecule has 3 heterocycles. The van der Waals surface area contributed by atoms with E-state index in [4.69, 9.17) is 0 Å². The maximum absolute atomic E-state index is 12.7. The number of nitrogens with zero attached hydrogens (tertiary/aromatic N) is 3. The van der Waals surface area contributed by atoms with Gasteiger partial charge in [-0.15, -0.1) is 0 Å². The molecule has 1 unspecified atom stereocenters. The van der Waals surface area contributed by atoms with Crippen LogP contribution in [0.15, 0.2) is 46.3 Å². The number of pyridine rings is 1. The summed E-state index contributed by atoms with van der Waals surface area (Å²) in [7, 11) is 0. The first-order valence-electron chi connectivity index (χ1n) is 8.96. The van der Waals surface area contributed by atoms with E-state index in [0.717, 1.165) is 34.4 Å². The number of anilines is 1. The summed E-state index contributed by atoms with van der Waals surface area (Å²) in [6.07, 6.45) is 0.964. The van der Waals surface area contributed by atoms with Gasteiger partial charge in [-0.25, -0.2) is 4.98 Å². The zero-order valence-corrected chi connectivity index (χ0v) is 16.0. The van der Waals surface area contributed by atoms with Crippen LogP contribution in [0.5, 0.6) is 0 Å². The fraction of sp³-hybridized carbons (Fsp3) is 0.300. The number of fused-ring (bicyclic) bond motifs is 2. The van der Waals surface area contributed by atoms with E-state index < -0.39 is 0 Å². The Morgan fingerprint density at radius 2 is 2.11 bits per heavy atom. The fourth-order valence-electron chi connectivity index (χ4n) is 3.36. The summed E-state index contributed by atoms with van der Waals surface area (Å²) in [4.78, 5) is 34.1. The van der Waals surface area contributed by atoms with Crippen LogP contribution < -0.4 is 10.9 Å². The summed E-state index contributed by atoms with van der Waals surface area (Å²) in [5, 5.41) is 4.62. The third-order valence-electron chi connectivity index (χ3n) is 4.64. The van der Waals surface area contributed by atoms with E-state index >= 15 is 0 Å². The van der Waals surface area contributed by atoms with Gasteiger partial charge in [0.2, 0.25) is 5.91 Å². The molecule has 0 saturated carbocycles. The quantitative estimate of drug-likeness (QED) is 0.703. The number of carbonyl (C=O) groups excluding carboxylic acids is 1. The van der Waals surface area contributed by atoms with Gasteiger partial charge in [0.15, 0.2) is 5.16 Å². The molecule has 27 heavy (non-hydrogen) atoms. The molecule has 1 N–H and O–H groups in total. The summed E-state index contributed by atoms with van der Waals surface area (Å²) in [6, 6.07) is 11.0. The predicted molar refractivity (Wildman–Crippen MR) is 107 cm³/mol. The van der Waals surface area contributed by atoms with Gasteiger partial charge in [-0.05, 0) is 25.5 Å². The Morgan fingerprint density at radius 3 is 2.93 bits per heavy atom. The van der Waals surface area contributed by atoms with E-state index in [0.29, 0.717) is 10.9 Å². The molecule has 0 saturated heterocycles. The summed E-state index contributed by atoms with van der Waals surface area (Å²) >= 11 is 1.53. The summed E-state index contributed by atoms with van der Waals surface area (Å²) in [5.74, 6) is 0.564. The number of rotatable bonds is 4. The zero-order chi connectivity index (χ0) is 19.0. The highest BCUT2D eigenvalue weighted by Crippen LogP contribution is 2.32. The molecule has 1 aliphatic rings. The number of aryl methyl sites for hydroxylation is 2. The van der Waals surface area contributed by atoms with Crippen LogP contribution in [-0.2, 0) is 11.2 Å². The highest BCUT2D eigenvalue weighted by Gasteiger charge is 2.27. The molecular formula is C20H20N4O2S. The van der Waals surface area contributed by atoms with Gasteiger partial charge < -0.3 is 5.32 Å². The first-order chi connectivity index (χ1) is 13.0. The lowest BCUT2D eigenvalue weighted by molar-refractivity contribution is -0.116. The van der Waals surface area contributed by atoms with Crippen molar-refractivity contribution >= 4 is 34.3 Å². The highest BCUT2D eigenvalue weighted by atomic mass is 32.2. The molecule has 1 aliphatic heterocycles. The molecule has 0 fully saturated rings. The third-order valence-corrected chi connectivity index (χ3v) is 5.74. The molecule has 1 amide bonds. The van der Waals surface area contributed by atoms with Crippen molar-refractivity contribution < 1.29 is 4.79 Å². The minimum atomic E-state index is -0.176. The van der Waals surface area contributed by atoms with Crippen molar-refractivity contribution in [3.8, 4) is 0 Å². The molecule has 7 heteroatoms. The minimum Gasteiger partial charge on any atom is -0.325 e. The largest absolute Gasteiger partial charge is 0.325 e. The Kier molecular flexibility index (Phi) is 4.70. The van der Waals surface area contributed by atoms with Gasteiger partial charge >= 0.3 is 0 Å². The summed E-state index contributed by atoms with van der Waals surface area (Å²) in [5.41, 5.74) is 3.16. The second kappa shape index (κ2) is 7.15. The molecule has 1 atom stereocenters. The third kappa shape index (κ3) is 3.47. The molecule has 3 aromatic rings. The molecule has 0 radical (unpaired) electrons. The molecule has 4 rings (SSSR count). The lowest BCUT2D eigenvalue weighted by Crippen LogP contribution is -2.27. The topological polar surface area (TPSA) is 76.9 Å². The van der Waals surface area contributed by atoms with Crippen molar-refractivity contribution in [3.05, 3.63) is 58.1 Å². The van der Waals surface area contributed by atoms with E-state index in [1.807, 2.05) is 44.2 Å². The average molecular weight is 380 g/mol. The molecule has 6 nitrogen and oxygen atoms in total. The number of thioether (sulfide) groups is 1. The molecule has 138 valence electrons. The fourth-order valence-corrected chi connectivity index (χ4v) is 4.52. The van der Waals surface area contributed by atoms with Crippen LogP contribution in [0.4, 0.5) is 5.69 Å². The lowest BCUT2D eigenvalue weighted by Gasteiger charge is -2.14. The maximum atomic E-state index is 12.7. The Hall–Kier alpha value is -2.67. The van der Waals surface area contributed by atoms with E-state index in [9.17, 15) is 9.59 Å². The van der Waals surface area contributed by atoms with Gasteiger partial charge in [-0.2, -0.15) is 0 Å². The van der Waals surface area contributed by atoms with Gasteiger partial charge in [-0.1, -0.05) is 36.9 Å². The first kappa shape index (κ1) is 17.7. The summed E-state index contributed by atoms with van der Waals surface area (Å²) in [6.45, 7) is 3.88. The van der Waals surface area contributed by atoms with Crippen molar-refractivity contribution in [2.75, 3.05) is 11.1 Å². The molecule has 0 bridgehead atoms. The molecule has 1 aromatic carbocycles. The first-order valence-corrected chi connectivity index (χ1v) is 9.95. The van der Waals surface area contributed by atoms with Gasteiger partial charge in [0.25, 0.3) is 5.56 Å². The van der Waals surface area contributed by atoms with Gasteiger partial charge in [0, 0.05) is 35.0 Å². The second-order valence-electron chi connectivity index (χ2n) is 6.64. The van der Waals surface area contributed by atoms with E-state index in [1.165, 1.54) is 11.8 Å². The number of carbonyl (C=O) groups is 1. The van der Waals surface area contributed by atoms with Crippen molar-refractivity contribution in [1.29, 1.82) is 0 Å². The minimum absolute atomic E-state index is 0.0788. The number of aromatic nitrogens is 3. The standard InChI is InChI=1S/C20H20N4O2S/c1-3-13-9-19(26)24-14(11-27-20(24)22-13)10-18(25)23-17-8-12(2)21-16-7-5-4-6-15(16)17/h4-9,14H,3,10-11H2,1-2H3,(H,21,23,25). The number of nitrogens with one attached hydrogen (secondary N) is 1. The highest BCUT2D eigenvalue weighted by molar-refractivity contribution is 7.99. The van der Waals surface area contributed by atoms with E-state index in [-0.39, 0.29) is 23.9 Å². The predicted octanol–water partition coefficient (Wildman–Crippen LogP) is 3.34. The smallest absolute Gasteiger partial charge is 0.254 e. The Labute approximate surface area is 161 Å². The number of amides is 1. The van der Waals surface area contributed by atoms with Crippen LogP contribution >= 0.6 is 11.8 Å². The van der Waals surface area contributed by atoms with Crippen molar-refractivity contribution in [2.45, 2.75) is 37.9 Å². The van der Waals surface area contributed by atoms with Gasteiger partial charge in [0.05, 0.1) is 17.2 Å². The Morgan fingerprint density at radius 1 is 1.30 bits per heavy atom. The molecule has 0 aliphatic carbocycles. The van der Waals surface area contributed by atoms with E-state index in [1.54, 1.807) is 10.6 Å². The number of para-hydroxylation sites is 1. The SMILES string of the molecule is CCc1cc(=O)n2c(n1)SCC2CC(=O)Nc1cc(C)nc2ccccc12. The molecular weight excluding hydrogens is 360 g/mol.